The van der Waals surface area contributed by atoms with Gasteiger partial charge in [-0.25, -0.2) is 0 Å². The standard InChI is InChI=1S/C33H21N2O.C11H8N.Ir/c1-3-12-23(13-4-1)25-17-11-18-26(24-14-5-2-6-15-24)32(25)35-30-20-9-8-19-29(30)34-33(35)28-22-36-31-21-10-7-16-27(28)31;1-2-6-10(7-3-1)11-8-4-5-9-12-11;/h1-21H;1-6,8-9H;/q2*-1;. The van der Waals surface area contributed by atoms with Crippen LogP contribution >= 0.6 is 0 Å². The van der Waals surface area contributed by atoms with Gasteiger partial charge in [0.2, 0.25) is 0 Å². The van der Waals surface area contributed by atoms with Crippen LogP contribution in [0, 0.1) is 12.3 Å². The molecule has 0 aliphatic rings. The van der Waals surface area contributed by atoms with Crippen molar-refractivity contribution in [1.82, 2.24) is 14.5 Å². The Bertz CT molecular complexity index is 2340. The van der Waals surface area contributed by atoms with Gasteiger partial charge in [0.25, 0.3) is 0 Å². The summed E-state index contributed by atoms with van der Waals surface area (Å²) in [5, 5.41) is 0.993. The summed E-state index contributed by atoms with van der Waals surface area (Å²) in [6.07, 6.45) is 4.95. The van der Waals surface area contributed by atoms with Crippen LogP contribution in [0.3, 0.4) is 0 Å². The number of hydrogen-bond acceptors (Lipinski definition) is 3. The summed E-state index contributed by atoms with van der Waals surface area (Å²) in [6.45, 7) is 0. The fraction of sp³-hybridized carbons (Fsp3) is 0. The summed E-state index contributed by atoms with van der Waals surface area (Å²) >= 11 is 0. The van der Waals surface area contributed by atoms with E-state index in [4.69, 9.17) is 9.40 Å². The molecule has 1 radical (unpaired) electrons. The van der Waals surface area contributed by atoms with Crippen LogP contribution in [0.15, 0.2) is 180 Å². The van der Waals surface area contributed by atoms with E-state index in [0.29, 0.717) is 0 Å². The summed E-state index contributed by atoms with van der Waals surface area (Å²) in [5.74, 6) is 0.807. The number of pyridine rings is 1. The number of benzene rings is 6. The van der Waals surface area contributed by atoms with Crippen LogP contribution in [0.1, 0.15) is 0 Å². The van der Waals surface area contributed by atoms with Crippen LogP contribution in [0.4, 0.5) is 0 Å². The van der Waals surface area contributed by atoms with E-state index in [9.17, 15) is 0 Å². The van der Waals surface area contributed by atoms with Crippen LogP contribution in [-0.2, 0) is 20.1 Å². The van der Waals surface area contributed by atoms with Gasteiger partial charge in [0.15, 0.2) is 0 Å². The first kappa shape index (κ1) is 31.7. The molecule has 237 valence electrons. The van der Waals surface area contributed by atoms with Crippen LogP contribution in [0.25, 0.3) is 72.6 Å². The van der Waals surface area contributed by atoms with E-state index in [2.05, 4.69) is 125 Å². The SMILES string of the molecule is [Ir].[c-]1ccccc1-c1ccccn1.[c-]1oc2ccccc2c1-c1nc2ccccc2n1-c1c(-c2ccccc2)cccc1-c1ccccc1. The van der Waals surface area contributed by atoms with Crippen LogP contribution in [0.2, 0.25) is 0 Å². The average molecular weight is 808 g/mol. The Balaban J connectivity index is 0.000000246. The Labute approximate surface area is 298 Å². The van der Waals surface area contributed by atoms with Crippen LogP contribution in [0.5, 0.6) is 0 Å². The minimum absolute atomic E-state index is 0. The molecule has 0 aliphatic carbocycles. The zero-order valence-electron chi connectivity index (χ0n) is 26.3. The Morgan fingerprint density at radius 1 is 0.571 bits per heavy atom. The van der Waals surface area contributed by atoms with Crippen LogP contribution < -0.4 is 0 Å². The second kappa shape index (κ2) is 14.5. The van der Waals surface area contributed by atoms with Crippen molar-refractivity contribution >= 4 is 22.0 Å². The van der Waals surface area contributed by atoms with E-state index in [-0.39, 0.29) is 20.1 Å². The van der Waals surface area contributed by atoms with E-state index >= 15 is 0 Å². The maximum atomic E-state index is 5.84. The van der Waals surface area contributed by atoms with Crippen molar-refractivity contribution in [2.45, 2.75) is 0 Å². The van der Waals surface area contributed by atoms with Crippen molar-refractivity contribution in [2.24, 2.45) is 0 Å². The van der Waals surface area contributed by atoms with Crippen molar-refractivity contribution in [3.8, 4) is 50.6 Å². The normalized spacial score (nSPS) is 10.7. The van der Waals surface area contributed by atoms with Gasteiger partial charge in [-0.05, 0) is 35.0 Å². The molecule has 0 fully saturated rings. The van der Waals surface area contributed by atoms with Gasteiger partial charge in [-0.15, -0.1) is 42.0 Å². The van der Waals surface area contributed by atoms with Gasteiger partial charge in [-0.2, -0.15) is 0 Å². The van der Waals surface area contributed by atoms with Crippen molar-refractivity contribution in [3.05, 3.63) is 188 Å². The van der Waals surface area contributed by atoms with E-state index in [1.54, 1.807) is 6.20 Å². The largest absolute Gasteiger partial charge is 0.557 e. The van der Waals surface area contributed by atoms with Gasteiger partial charge in [-0.3, -0.25) is 4.98 Å². The number of imidazole rings is 1. The van der Waals surface area contributed by atoms with E-state index < -0.39 is 0 Å². The van der Waals surface area contributed by atoms with E-state index in [1.807, 2.05) is 66.7 Å². The Morgan fingerprint density at radius 3 is 1.92 bits per heavy atom. The Hall–Kier alpha value is -5.87. The topological polar surface area (TPSA) is 43.9 Å². The molecule has 0 bridgehead atoms. The molecule has 0 spiro atoms. The monoisotopic (exact) mass is 808 g/mol. The second-order valence-corrected chi connectivity index (χ2v) is 11.3. The number of para-hydroxylation sites is 4. The minimum Gasteiger partial charge on any atom is -0.557 e. The molecular weight excluding hydrogens is 779 g/mol. The summed E-state index contributed by atoms with van der Waals surface area (Å²) in [7, 11) is 0. The van der Waals surface area contributed by atoms with Gasteiger partial charge in [-0.1, -0.05) is 132 Å². The number of fused-ring (bicyclic) bond motifs is 2. The smallest absolute Gasteiger partial charge is 0.0774 e. The molecule has 0 amide bonds. The molecule has 3 heterocycles. The summed E-state index contributed by atoms with van der Waals surface area (Å²) in [6, 6.07) is 60.7. The maximum absolute atomic E-state index is 5.84. The first-order chi connectivity index (χ1) is 23.8. The van der Waals surface area contributed by atoms with E-state index in [0.717, 1.165) is 72.6 Å². The number of aromatic nitrogens is 3. The number of furan rings is 1. The first-order valence-corrected chi connectivity index (χ1v) is 15.8. The molecule has 3 aromatic heterocycles. The summed E-state index contributed by atoms with van der Waals surface area (Å²) in [5.41, 5.74) is 11.3. The summed E-state index contributed by atoms with van der Waals surface area (Å²) in [4.78, 5) is 9.34. The number of hydrogen-bond donors (Lipinski definition) is 0. The molecule has 0 aliphatic heterocycles. The molecule has 0 saturated heterocycles. The van der Waals surface area contributed by atoms with Crippen molar-refractivity contribution in [1.29, 1.82) is 0 Å². The first-order valence-electron chi connectivity index (χ1n) is 15.8. The molecule has 0 unspecified atom stereocenters. The molecule has 9 rings (SSSR count). The molecule has 0 saturated carbocycles. The van der Waals surface area contributed by atoms with Gasteiger partial charge in [0.05, 0.1) is 22.5 Å². The summed E-state index contributed by atoms with van der Waals surface area (Å²) < 4.78 is 8.11. The molecule has 4 nitrogen and oxygen atoms in total. The quantitative estimate of drug-likeness (QED) is 0.163. The predicted molar refractivity (Wildman–Crippen MR) is 194 cm³/mol. The molecule has 9 aromatic rings. The fourth-order valence-electron chi connectivity index (χ4n) is 6.07. The third-order valence-corrected chi connectivity index (χ3v) is 8.28. The van der Waals surface area contributed by atoms with Crippen LogP contribution in [-0.4, -0.2) is 14.5 Å². The Kier molecular flexibility index (Phi) is 9.38. The number of rotatable bonds is 5. The molecule has 5 heteroatoms. The van der Waals surface area contributed by atoms with Gasteiger partial charge in [0.1, 0.15) is 0 Å². The maximum Gasteiger partial charge on any atom is 0.0774 e. The van der Waals surface area contributed by atoms with Gasteiger partial charge >= 0.3 is 0 Å². The Morgan fingerprint density at radius 2 is 1.22 bits per heavy atom. The molecular formula is C44H29IrN3O-2. The zero-order valence-corrected chi connectivity index (χ0v) is 28.7. The van der Waals surface area contributed by atoms with Gasteiger partial charge in [0, 0.05) is 49.3 Å². The third-order valence-electron chi connectivity index (χ3n) is 8.28. The van der Waals surface area contributed by atoms with Crippen molar-refractivity contribution < 1.29 is 24.5 Å². The third kappa shape index (κ3) is 6.38. The molecule has 0 atom stereocenters. The van der Waals surface area contributed by atoms with Gasteiger partial charge < -0.3 is 14.0 Å². The molecule has 49 heavy (non-hydrogen) atoms. The fourth-order valence-corrected chi connectivity index (χ4v) is 6.07. The molecule has 0 N–H and O–H groups in total. The average Bonchev–Trinajstić information content (AvgIpc) is 3.78. The zero-order chi connectivity index (χ0) is 32.1. The van der Waals surface area contributed by atoms with Crippen molar-refractivity contribution in [3.63, 3.8) is 0 Å². The van der Waals surface area contributed by atoms with Crippen molar-refractivity contribution in [2.75, 3.05) is 0 Å². The van der Waals surface area contributed by atoms with E-state index in [1.165, 1.54) is 0 Å². The number of nitrogens with zero attached hydrogens (tertiary/aromatic N) is 3. The second-order valence-electron chi connectivity index (χ2n) is 11.3. The predicted octanol–water partition coefficient (Wildman–Crippen LogP) is 11.1. The minimum atomic E-state index is 0. The molecule has 6 aromatic carbocycles.